The number of rotatable bonds is 8. The summed E-state index contributed by atoms with van der Waals surface area (Å²) in [6, 6.07) is 20.8. The molecule has 2 unspecified atom stereocenters. The number of hydrogen-bond acceptors (Lipinski definition) is 5. The molecule has 1 amide bonds. The van der Waals surface area contributed by atoms with Gasteiger partial charge in [-0.1, -0.05) is 61.5 Å². The Labute approximate surface area is 203 Å². The van der Waals surface area contributed by atoms with Gasteiger partial charge in [0.1, 0.15) is 12.6 Å². The minimum atomic E-state index is -1.09. The van der Waals surface area contributed by atoms with Crippen LogP contribution in [0.25, 0.3) is 11.1 Å². The maximum Gasteiger partial charge on any atom is 0.407 e. The van der Waals surface area contributed by atoms with Gasteiger partial charge < -0.3 is 24.6 Å². The van der Waals surface area contributed by atoms with Gasteiger partial charge in [0.05, 0.1) is 0 Å². The molecule has 5 rings (SSSR count). The Hall–Kier alpha value is -4.00. The van der Waals surface area contributed by atoms with Gasteiger partial charge in [-0.15, -0.1) is 0 Å². The second-order valence-electron chi connectivity index (χ2n) is 9.09. The van der Waals surface area contributed by atoms with Crippen molar-refractivity contribution in [2.75, 3.05) is 13.4 Å². The molecule has 2 N–H and O–H groups in total. The van der Waals surface area contributed by atoms with Crippen LogP contribution in [0.5, 0.6) is 11.5 Å². The number of alkyl carbamates (subject to hydrolysis) is 1. The quantitative estimate of drug-likeness (QED) is 0.480. The number of benzene rings is 3. The molecule has 1 aliphatic heterocycles. The predicted molar refractivity (Wildman–Crippen MR) is 130 cm³/mol. The van der Waals surface area contributed by atoms with E-state index in [0.717, 1.165) is 27.8 Å². The molecular weight excluding hydrogens is 446 g/mol. The van der Waals surface area contributed by atoms with Crippen LogP contribution in [0.1, 0.15) is 36.0 Å². The van der Waals surface area contributed by atoms with E-state index >= 15 is 0 Å². The van der Waals surface area contributed by atoms with Crippen molar-refractivity contribution >= 4 is 12.1 Å². The van der Waals surface area contributed by atoms with E-state index in [1.807, 2.05) is 61.5 Å². The summed E-state index contributed by atoms with van der Waals surface area (Å²) in [7, 11) is 0. The SMILES string of the molecule is CC(Cc1ccc2c(c1)OCO2)CC(NC(=O)OCC1c2ccccc2-c2ccccc21)C(=O)O. The van der Waals surface area contributed by atoms with Crippen molar-refractivity contribution < 1.29 is 28.9 Å². The van der Waals surface area contributed by atoms with E-state index in [0.29, 0.717) is 17.9 Å². The first kappa shape index (κ1) is 22.8. The molecule has 3 aromatic carbocycles. The summed E-state index contributed by atoms with van der Waals surface area (Å²) in [5.41, 5.74) is 5.50. The number of nitrogens with one attached hydrogen (secondary N) is 1. The minimum Gasteiger partial charge on any atom is -0.480 e. The highest BCUT2D eigenvalue weighted by molar-refractivity contribution is 5.81. The third-order valence-corrected chi connectivity index (χ3v) is 6.59. The van der Waals surface area contributed by atoms with E-state index in [-0.39, 0.29) is 31.7 Å². The fourth-order valence-electron chi connectivity index (χ4n) is 4.96. The maximum atomic E-state index is 12.6. The van der Waals surface area contributed by atoms with Crippen molar-refractivity contribution in [3.63, 3.8) is 0 Å². The van der Waals surface area contributed by atoms with Crippen molar-refractivity contribution in [3.05, 3.63) is 83.4 Å². The molecule has 2 aliphatic rings. The molecule has 0 saturated carbocycles. The standard InChI is InChI=1S/C28H27NO6/c1-17(12-18-10-11-25-26(14-18)35-16-34-25)13-24(27(30)31)29-28(32)33-15-23-21-8-4-2-6-19(21)20-7-3-5-9-22(20)23/h2-11,14,17,23-24H,12-13,15-16H2,1H3,(H,29,32)(H,30,31). The molecule has 180 valence electrons. The summed E-state index contributed by atoms with van der Waals surface area (Å²) in [4.78, 5) is 24.4. The van der Waals surface area contributed by atoms with Crippen LogP contribution in [0.4, 0.5) is 4.79 Å². The van der Waals surface area contributed by atoms with Crippen molar-refractivity contribution in [2.45, 2.75) is 31.7 Å². The molecule has 7 nitrogen and oxygen atoms in total. The lowest BCUT2D eigenvalue weighted by Gasteiger charge is -2.20. The zero-order valence-electron chi connectivity index (χ0n) is 19.4. The fourth-order valence-corrected chi connectivity index (χ4v) is 4.96. The topological polar surface area (TPSA) is 94.1 Å². The van der Waals surface area contributed by atoms with Crippen LogP contribution in [0.15, 0.2) is 66.7 Å². The van der Waals surface area contributed by atoms with E-state index in [9.17, 15) is 14.7 Å². The summed E-state index contributed by atoms with van der Waals surface area (Å²) in [6.07, 6.45) is 0.190. The molecule has 0 aromatic heterocycles. The average Bonchev–Trinajstić information content (AvgIpc) is 3.44. The van der Waals surface area contributed by atoms with Gasteiger partial charge in [0.2, 0.25) is 6.79 Å². The van der Waals surface area contributed by atoms with Gasteiger partial charge in [-0.25, -0.2) is 9.59 Å². The van der Waals surface area contributed by atoms with Gasteiger partial charge in [-0.05, 0) is 58.7 Å². The zero-order chi connectivity index (χ0) is 24.4. The van der Waals surface area contributed by atoms with E-state index in [4.69, 9.17) is 14.2 Å². The van der Waals surface area contributed by atoms with Crippen molar-refractivity contribution in [1.29, 1.82) is 0 Å². The molecular formula is C28H27NO6. The Bertz CT molecular complexity index is 1210. The number of hydrogen-bond donors (Lipinski definition) is 2. The van der Waals surface area contributed by atoms with Crippen molar-refractivity contribution in [1.82, 2.24) is 5.32 Å². The van der Waals surface area contributed by atoms with Gasteiger partial charge in [-0.3, -0.25) is 0 Å². The van der Waals surface area contributed by atoms with Gasteiger partial charge in [-0.2, -0.15) is 0 Å². The number of carboxylic acid groups (broad SMARTS) is 1. The van der Waals surface area contributed by atoms with Crippen LogP contribution < -0.4 is 14.8 Å². The van der Waals surface area contributed by atoms with Gasteiger partial charge in [0.15, 0.2) is 11.5 Å². The van der Waals surface area contributed by atoms with Crippen LogP contribution in [-0.4, -0.2) is 36.6 Å². The van der Waals surface area contributed by atoms with E-state index < -0.39 is 18.1 Å². The predicted octanol–water partition coefficient (Wildman–Crippen LogP) is 4.98. The summed E-state index contributed by atoms with van der Waals surface area (Å²) < 4.78 is 16.3. The molecule has 0 saturated heterocycles. The first-order chi connectivity index (χ1) is 17.0. The fraction of sp³-hybridized carbons (Fsp3) is 0.286. The average molecular weight is 474 g/mol. The maximum absolute atomic E-state index is 12.6. The number of ether oxygens (including phenoxy) is 3. The number of carbonyl (C=O) groups is 2. The molecule has 0 fully saturated rings. The van der Waals surface area contributed by atoms with Crippen molar-refractivity contribution in [2.24, 2.45) is 5.92 Å². The van der Waals surface area contributed by atoms with E-state index in [2.05, 4.69) is 17.4 Å². The molecule has 0 bridgehead atoms. The lowest BCUT2D eigenvalue weighted by atomic mass is 9.94. The molecule has 1 heterocycles. The Morgan fingerprint density at radius 3 is 2.34 bits per heavy atom. The van der Waals surface area contributed by atoms with Crippen LogP contribution in [0.2, 0.25) is 0 Å². The molecule has 2 atom stereocenters. The molecule has 35 heavy (non-hydrogen) atoms. The molecule has 3 aromatic rings. The summed E-state index contributed by atoms with van der Waals surface area (Å²) >= 11 is 0. The number of fused-ring (bicyclic) bond motifs is 4. The normalized spacial score (nSPS) is 15.1. The first-order valence-electron chi connectivity index (χ1n) is 11.7. The highest BCUT2D eigenvalue weighted by Crippen LogP contribution is 2.44. The van der Waals surface area contributed by atoms with E-state index in [1.165, 1.54) is 0 Å². The van der Waals surface area contributed by atoms with Gasteiger partial charge in [0.25, 0.3) is 0 Å². The third kappa shape index (κ3) is 4.80. The largest absolute Gasteiger partial charge is 0.480 e. The zero-order valence-corrected chi connectivity index (χ0v) is 19.4. The van der Waals surface area contributed by atoms with E-state index in [1.54, 1.807) is 0 Å². The number of carbonyl (C=O) groups excluding carboxylic acids is 1. The number of aliphatic carboxylic acids is 1. The Morgan fingerprint density at radius 1 is 1.00 bits per heavy atom. The second kappa shape index (κ2) is 9.70. The van der Waals surface area contributed by atoms with Gasteiger partial charge in [0, 0.05) is 5.92 Å². The van der Waals surface area contributed by atoms with Gasteiger partial charge >= 0.3 is 12.1 Å². The van der Waals surface area contributed by atoms with Crippen molar-refractivity contribution in [3.8, 4) is 22.6 Å². The number of amides is 1. The highest BCUT2D eigenvalue weighted by Gasteiger charge is 2.30. The molecule has 0 radical (unpaired) electrons. The monoisotopic (exact) mass is 473 g/mol. The lowest BCUT2D eigenvalue weighted by Crippen LogP contribution is -2.42. The minimum absolute atomic E-state index is 0.00496. The Morgan fingerprint density at radius 2 is 1.66 bits per heavy atom. The highest BCUT2D eigenvalue weighted by atomic mass is 16.7. The third-order valence-electron chi connectivity index (χ3n) is 6.59. The van der Waals surface area contributed by atoms with Crippen LogP contribution in [-0.2, 0) is 16.0 Å². The Kier molecular flexibility index (Phi) is 6.31. The summed E-state index contributed by atoms with van der Waals surface area (Å²) in [5.74, 6) is 0.241. The molecule has 0 spiro atoms. The second-order valence-corrected chi connectivity index (χ2v) is 9.09. The Balaban J connectivity index is 1.19. The van der Waals surface area contributed by atoms with Crippen LogP contribution in [0.3, 0.4) is 0 Å². The first-order valence-corrected chi connectivity index (χ1v) is 11.7. The van der Waals surface area contributed by atoms with Crippen LogP contribution in [0, 0.1) is 5.92 Å². The smallest absolute Gasteiger partial charge is 0.407 e. The lowest BCUT2D eigenvalue weighted by molar-refractivity contribution is -0.139. The molecule has 7 heteroatoms. The molecule has 1 aliphatic carbocycles. The summed E-state index contributed by atoms with van der Waals surface area (Å²) in [5, 5.41) is 12.2. The van der Waals surface area contributed by atoms with Crippen LogP contribution >= 0.6 is 0 Å². The summed E-state index contributed by atoms with van der Waals surface area (Å²) in [6.45, 7) is 2.30. The number of carboxylic acids is 1.